The molecule has 1 aliphatic rings. The molecule has 0 bridgehead atoms. The molecule has 0 aliphatic carbocycles. The fraction of sp³-hybridized carbons (Fsp3) is 0.700. The van der Waals surface area contributed by atoms with Gasteiger partial charge in [0.1, 0.15) is 11.3 Å². The molecule has 0 amide bonds. The summed E-state index contributed by atoms with van der Waals surface area (Å²) in [7, 11) is 3.37. The van der Waals surface area contributed by atoms with Gasteiger partial charge in [-0.2, -0.15) is 5.10 Å². The van der Waals surface area contributed by atoms with E-state index in [2.05, 4.69) is 5.10 Å². The minimum Gasteiger partial charge on any atom is -0.493 e. The highest BCUT2D eigenvalue weighted by Gasteiger charge is 2.45. The molecule has 1 aliphatic heterocycles. The van der Waals surface area contributed by atoms with E-state index >= 15 is 0 Å². The van der Waals surface area contributed by atoms with Crippen LogP contribution < -0.4 is 4.74 Å². The van der Waals surface area contributed by atoms with Crippen molar-refractivity contribution in [3.63, 3.8) is 0 Å². The summed E-state index contributed by atoms with van der Waals surface area (Å²) in [6.07, 6.45) is 1.95. The Labute approximate surface area is 88.6 Å². The van der Waals surface area contributed by atoms with E-state index in [1.807, 2.05) is 6.92 Å². The lowest BCUT2D eigenvalue weighted by molar-refractivity contribution is -0.0385. The quantitative estimate of drug-likeness (QED) is 0.772. The monoisotopic (exact) mass is 212 g/mol. The number of hydrogen-bond acceptors (Lipinski definition) is 4. The van der Waals surface area contributed by atoms with Crippen LogP contribution in [0.4, 0.5) is 0 Å². The van der Waals surface area contributed by atoms with Crippen LogP contribution in [0.1, 0.15) is 19.0 Å². The summed E-state index contributed by atoms with van der Waals surface area (Å²) in [6, 6.07) is 0. The molecule has 5 heteroatoms. The Bertz CT molecular complexity index is 364. The average molecular weight is 212 g/mol. The van der Waals surface area contributed by atoms with Gasteiger partial charge in [0.2, 0.25) is 0 Å². The van der Waals surface area contributed by atoms with Crippen molar-refractivity contribution in [3.05, 3.63) is 11.9 Å². The highest BCUT2D eigenvalue weighted by atomic mass is 16.5. The molecule has 2 heterocycles. The second-order valence-electron chi connectivity index (χ2n) is 3.87. The summed E-state index contributed by atoms with van der Waals surface area (Å²) in [5, 5.41) is 14.6. The molecule has 5 nitrogen and oxygen atoms in total. The molecule has 0 spiro atoms. The van der Waals surface area contributed by atoms with Gasteiger partial charge in [0.25, 0.3) is 0 Å². The third kappa shape index (κ3) is 1.42. The van der Waals surface area contributed by atoms with E-state index < -0.39 is 5.60 Å². The number of hydrogen-bond donors (Lipinski definition) is 1. The minimum absolute atomic E-state index is 0.234. The van der Waals surface area contributed by atoms with Crippen LogP contribution in [0.3, 0.4) is 0 Å². The van der Waals surface area contributed by atoms with Gasteiger partial charge in [0, 0.05) is 13.5 Å². The molecule has 0 aromatic carbocycles. The highest BCUT2D eigenvalue weighted by molar-refractivity contribution is 5.32. The summed E-state index contributed by atoms with van der Waals surface area (Å²) in [5.41, 5.74) is -0.300. The Balaban J connectivity index is 2.47. The van der Waals surface area contributed by atoms with Gasteiger partial charge in [0.15, 0.2) is 5.75 Å². The summed E-state index contributed by atoms with van der Waals surface area (Å²) in [6.45, 7) is 2.42. The van der Waals surface area contributed by atoms with Crippen molar-refractivity contribution in [3.8, 4) is 5.75 Å². The van der Waals surface area contributed by atoms with Crippen molar-refractivity contribution in [2.24, 2.45) is 7.05 Å². The van der Waals surface area contributed by atoms with Gasteiger partial charge in [-0.3, -0.25) is 4.68 Å². The van der Waals surface area contributed by atoms with Gasteiger partial charge in [-0.15, -0.1) is 0 Å². The van der Waals surface area contributed by atoms with Crippen LogP contribution in [-0.2, 0) is 17.4 Å². The van der Waals surface area contributed by atoms with Gasteiger partial charge in [-0.25, -0.2) is 0 Å². The SMILES string of the molecule is COc1cnn(C)c1C1(O)CCOC1C. The number of aromatic nitrogens is 2. The largest absolute Gasteiger partial charge is 0.493 e. The maximum atomic E-state index is 10.5. The lowest BCUT2D eigenvalue weighted by atomic mass is 9.92. The van der Waals surface area contributed by atoms with E-state index in [9.17, 15) is 5.11 Å². The van der Waals surface area contributed by atoms with E-state index in [1.165, 1.54) is 0 Å². The molecule has 15 heavy (non-hydrogen) atoms. The maximum absolute atomic E-state index is 10.5. The second-order valence-corrected chi connectivity index (χ2v) is 3.87. The van der Waals surface area contributed by atoms with E-state index in [1.54, 1.807) is 25.0 Å². The topological polar surface area (TPSA) is 56.5 Å². The second kappa shape index (κ2) is 3.50. The molecule has 2 rings (SSSR count). The Kier molecular flexibility index (Phi) is 2.44. The van der Waals surface area contributed by atoms with E-state index in [4.69, 9.17) is 9.47 Å². The summed E-state index contributed by atoms with van der Waals surface area (Å²) < 4.78 is 12.2. The Morgan fingerprint density at radius 2 is 2.47 bits per heavy atom. The fourth-order valence-electron chi connectivity index (χ4n) is 2.10. The van der Waals surface area contributed by atoms with E-state index in [0.717, 1.165) is 0 Å². The molecule has 1 saturated heterocycles. The van der Waals surface area contributed by atoms with E-state index in [-0.39, 0.29) is 6.10 Å². The predicted molar refractivity (Wildman–Crippen MR) is 53.7 cm³/mol. The van der Waals surface area contributed by atoms with Crippen LogP contribution in [0.5, 0.6) is 5.75 Å². The van der Waals surface area contributed by atoms with Crippen LogP contribution in [-0.4, -0.2) is 34.7 Å². The van der Waals surface area contributed by atoms with Gasteiger partial charge in [-0.05, 0) is 6.92 Å². The average Bonchev–Trinajstić information content (AvgIpc) is 2.72. The zero-order chi connectivity index (χ0) is 11.1. The van der Waals surface area contributed by atoms with Crippen LogP contribution >= 0.6 is 0 Å². The maximum Gasteiger partial charge on any atom is 0.163 e. The number of ether oxygens (including phenoxy) is 2. The molecule has 0 radical (unpaired) electrons. The summed E-state index contributed by atoms with van der Waals surface area (Å²) in [5.74, 6) is 0.609. The standard InChI is InChI=1S/C10H16N2O3/c1-7-10(13,4-5-15-7)9-8(14-3)6-11-12(9)2/h6-7,13H,4-5H2,1-3H3. The molecule has 1 N–H and O–H groups in total. The zero-order valence-electron chi connectivity index (χ0n) is 9.23. The normalized spacial score (nSPS) is 30.8. The highest BCUT2D eigenvalue weighted by Crippen LogP contribution is 2.39. The van der Waals surface area contributed by atoms with Gasteiger partial charge < -0.3 is 14.6 Å². The number of methoxy groups -OCH3 is 1. The molecule has 2 unspecified atom stereocenters. The number of rotatable bonds is 2. The molecule has 1 fully saturated rings. The lowest BCUT2D eigenvalue weighted by Crippen LogP contribution is -2.35. The predicted octanol–water partition coefficient (Wildman–Crippen LogP) is 0.425. The van der Waals surface area contributed by atoms with Gasteiger partial charge >= 0.3 is 0 Å². The summed E-state index contributed by atoms with van der Waals surface area (Å²) >= 11 is 0. The van der Waals surface area contributed by atoms with Gasteiger partial charge in [0.05, 0.1) is 26.0 Å². The zero-order valence-corrected chi connectivity index (χ0v) is 9.23. The van der Waals surface area contributed by atoms with E-state index in [0.29, 0.717) is 24.5 Å². The minimum atomic E-state index is -0.989. The first-order valence-corrected chi connectivity index (χ1v) is 5.00. The number of aliphatic hydroxyl groups is 1. The van der Waals surface area contributed by atoms with Crippen LogP contribution in [0.25, 0.3) is 0 Å². The van der Waals surface area contributed by atoms with Crippen LogP contribution in [0, 0.1) is 0 Å². The first-order chi connectivity index (χ1) is 7.09. The van der Waals surface area contributed by atoms with Crippen molar-refractivity contribution >= 4 is 0 Å². The smallest absolute Gasteiger partial charge is 0.163 e. The van der Waals surface area contributed by atoms with Gasteiger partial charge in [-0.1, -0.05) is 0 Å². The van der Waals surface area contributed by atoms with Crippen LogP contribution in [0.15, 0.2) is 6.20 Å². The molecule has 1 aromatic heterocycles. The first-order valence-electron chi connectivity index (χ1n) is 5.00. The van der Waals surface area contributed by atoms with Crippen LogP contribution in [0.2, 0.25) is 0 Å². The number of nitrogens with zero attached hydrogens (tertiary/aromatic N) is 2. The summed E-state index contributed by atoms with van der Waals surface area (Å²) in [4.78, 5) is 0. The van der Waals surface area contributed by atoms with Crippen molar-refractivity contribution in [2.75, 3.05) is 13.7 Å². The molecule has 84 valence electrons. The fourth-order valence-corrected chi connectivity index (χ4v) is 2.10. The molecule has 2 atom stereocenters. The van der Waals surface area contributed by atoms with Crippen molar-refractivity contribution < 1.29 is 14.6 Å². The molecule has 0 saturated carbocycles. The Hall–Kier alpha value is -1.07. The lowest BCUT2D eigenvalue weighted by Gasteiger charge is -2.26. The Morgan fingerprint density at radius 3 is 3.00 bits per heavy atom. The molecular formula is C10H16N2O3. The number of aryl methyl sites for hydroxylation is 1. The van der Waals surface area contributed by atoms with Crippen molar-refractivity contribution in [1.82, 2.24) is 9.78 Å². The Morgan fingerprint density at radius 1 is 1.73 bits per heavy atom. The van der Waals surface area contributed by atoms with Crippen molar-refractivity contribution in [1.29, 1.82) is 0 Å². The molecule has 1 aromatic rings. The molecular weight excluding hydrogens is 196 g/mol. The third-order valence-electron chi connectivity index (χ3n) is 3.06. The third-order valence-corrected chi connectivity index (χ3v) is 3.06. The van der Waals surface area contributed by atoms with Crippen molar-refractivity contribution in [2.45, 2.75) is 25.0 Å². The first kappa shape index (κ1) is 10.4.